The fourth-order valence-electron chi connectivity index (χ4n) is 10.5. The summed E-state index contributed by atoms with van der Waals surface area (Å²) in [4.78, 5) is 20.1. The highest BCUT2D eigenvalue weighted by molar-refractivity contribution is 6.10. The third kappa shape index (κ3) is 7.33. The van der Waals surface area contributed by atoms with E-state index in [1.165, 1.54) is 0 Å². The van der Waals surface area contributed by atoms with Gasteiger partial charge in [0.1, 0.15) is 0 Å². The number of rotatable bonds is 8. The first-order chi connectivity index (χ1) is 36.5. The van der Waals surface area contributed by atoms with Crippen LogP contribution in [0.5, 0.6) is 0 Å². The van der Waals surface area contributed by atoms with Crippen LogP contribution in [0.1, 0.15) is 11.1 Å². The minimum atomic E-state index is 0.420. The Bertz CT molecular complexity index is 4210. The van der Waals surface area contributed by atoms with Crippen molar-refractivity contribution in [1.82, 2.24) is 24.1 Å². The molecule has 3 heterocycles. The average Bonchev–Trinajstić information content (AvgIpc) is 4.01. The summed E-state index contributed by atoms with van der Waals surface area (Å²) < 4.78 is 4.57. The molecule has 74 heavy (non-hydrogen) atoms. The number of nitrogens with zero attached hydrogens (tertiary/aromatic N) is 8. The van der Waals surface area contributed by atoms with Crippen LogP contribution in [0.2, 0.25) is 0 Å². The van der Waals surface area contributed by atoms with E-state index in [-0.39, 0.29) is 0 Å². The van der Waals surface area contributed by atoms with Gasteiger partial charge in [0.25, 0.3) is 0 Å². The molecule has 3 aromatic heterocycles. The Morgan fingerprint density at radius 2 is 0.703 bits per heavy atom. The van der Waals surface area contributed by atoms with Crippen molar-refractivity contribution in [2.24, 2.45) is 0 Å². The molecular weight excluding hydrogens is 905 g/mol. The summed E-state index contributed by atoms with van der Waals surface area (Å²) in [5, 5.41) is 24.8. The molecule has 0 bridgehead atoms. The summed E-state index contributed by atoms with van der Waals surface area (Å²) in [6.45, 7) is 8.03. The molecule has 0 aliphatic heterocycles. The molecule has 0 amide bonds. The summed E-state index contributed by atoms with van der Waals surface area (Å²) in [6, 6.07) is 81.9. The molecule has 0 radical (unpaired) electrons. The summed E-state index contributed by atoms with van der Waals surface area (Å²) >= 11 is 0. The van der Waals surface area contributed by atoms with Crippen molar-refractivity contribution in [3.05, 3.63) is 253 Å². The number of hydrogen-bond donors (Lipinski definition) is 0. The Morgan fingerprint density at radius 1 is 0.338 bits per heavy atom. The smallest absolute Gasteiger partial charge is 0.187 e. The van der Waals surface area contributed by atoms with E-state index in [2.05, 4.69) is 160 Å². The first-order valence-electron chi connectivity index (χ1n) is 24.2. The predicted molar refractivity (Wildman–Crippen MR) is 297 cm³/mol. The van der Waals surface area contributed by atoms with Crippen LogP contribution in [0.3, 0.4) is 0 Å². The van der Waals surface area contributed by atoms with Gasteiger partial charge in [-0.15, -0.1) is 0 Å². The van der Waals surface area contributed by atoms with E-state index in [1.54, 1.807) is 6.07 Å². The number of para-hydroxylation sites is 4. The van der Waals surface area contributed by atoms with Gasteiger partial charge in [-0.1, -0.05) is 140 Å². The van der Waals surface area contributed by atoms with Gasteiger partial charge in [-0.05, 0) is 124 Å². The van der Waals surface area contributed by atoms with Crippen LogP contribution in [0.25, 0.3) is 127 Å². The van der Waals surface area contributed by atoms with Crippen LogP contribution in [0.15, 0.2) is 231 Å². The van der Waals surface area contributed by atoms with Gasteiger partial charge >= 0.3 is 0 Å². The lowest BCUT2D eigenvalue weighted by atomic mass is 9.95. The molecule has 8 heteroatoms. The zero-order valence-electron chi connectivity index (χ0n) is 39.5. The van der Waals surface area contributed by atoms with Crippen molar-refractivity contribution < 1.29 is 0 Å². The second kappa shape index (κ2) is 17.9. The van der Waals surface area contributed by atoms with Gasteiger partial charge in [0.05, 0.1) is 51.9 Å². The van der Waals surface area contributed by atoms with E-state index in [9.17, 15) is 10.5 Å². The molecule has 0 spiro atoms. The summed E-state index contributed by atoms with van der Waals surface area (Å²) in [7, 11) is 0. The molecule has 13 aromatic rings. The minimum Gasteiger partial charge on any atom is -0.309 e. The van der Waals surface area contributed by atoms with Crippen molar-refractivity contribution in [3.63, 3.8) is 0 Å². The van der Waals surface area contributed by atoms with Gasteiger partial charge < -0.3 is 9.13 Å². The first kappa shape index (κ1) is 43.3. The van der Waals surface area contributed by atoms with E-state index in [0.29, 0.717) is 34.3 Å². The number of nitriles is 2. The molecule has 10 aromatic carbocycles. The lowest BCUT2D eigenvalue weighted by Crippen LogP contribution is -2.04. The molecule has 13 rings (SSSR count). The maximum Gasteiger partial charge on any atom is 0.187 e. The topological polar surface area (TPSA) is 100 Å². The zero-order valence-corrected chi connectivity index (χ0v) is 39.5. The Morgan fingerprint density at radius 3 is 1.14 bits per heavy atom. The Balaban J connectivity index is 1.10. The molecule has 8 nitrogen and oxygen atoms in total. The highest BCUT2D eigenvalue weighted by atomic mass is 15.0. The van der Waals surface area contributed by atoms with Crippen LogP contribution in [0.4, 0.5) is 5.69 Å². The summed E-state index contributed by atoms with van der Waals surface area (Å²) in [6.07, 6.45) is 0. The molecule has 0 fully saturated rings. The highest BCUT2D eigenvalue weighted by Gasteiger charge is 2.23. The average molecular weight is 943 g/mol. The van der Waals surface area contributed by atoms with Crippen LogP contribution in [-0.2, 0) is 0 Å². The van der Waals surface area contributed by atoms with E-state index in [1.807, 2.05) is 91.0 Å². The molecule has 0 unspecified atom stereocenters. The first-order valence-corrected chi connectivity index (χ1v) is 24.2. The highest BCUT2D eigenvalue weighted by Crippen LogP contribution is 2.42. The molecule has 0 atom stereocenters. The van der Waals surface area contributed by atoms with Crippen molar-refractivity contribution in [3.8, 4) is 91.1 Å². The number of hydrogen-bond acceptors (Lipinski definition) is 5. The monoisotopic (exact) mass is 942 g/mol. The standard InChI is InChI=1S/C66H38N8/c1-69-47-20-14-19-46(37-47)59-39-49(74-62-29-10-6-24-53(62)54-25-7-11-30-63(54)74)32-34-57(59)66-71-64(55-26-3-2-21-50(55)44-17-12-15-42(35-44)40-67)70-65(72-66)56-33-31-48(38-58(56)45-18-13-16-43(36-45)41-68)73-60-27-8-4-22-51(60)52-23-5-9-28-61(52)73/h2-39H. The molecule has 0 aliphatic rings. The van der Waals surface area contributed by atoms with Gasteiger partial charge in [-0.2, -0.15) is 10.5 Å². The lowest BCUT2D eigenvalue weighted by molar-refractivity contribution is 1.07. The Hall–Kier alpha value is -10.7. The lowest BCUT2D eigenvalue weighted by Gasteiger charge is -2.18. The summed E-state index contributed by atoms with van der Waals surface area (Å²) in [5.74, 6) is 1.27. The quantitative estimate of drug-likeness (QED) is 0.141. The maximum atomic E-state index is 10.2. The maximum absolute atomic E-state index is 10.2. The third-order valence-corrected chi connectivity index (χ3v) is 13.9. The van der Waals surface area contributed by atoms with Crippen molar-refractivity contribution in [2.45, 2.75) is 0 Å². The van der Waals surface area contributed by atoms with Crippen LogP contribution in [0, 0.1) is 29.2 Å². The van der Waals surface area contributed by atoms with Gasteiger partial charge in [-0.3, -0.25) is 0 Å². The van der Waals surface area contributed by atoms with Crippen LogP contribution < -0.4 is 0 Å². The van der Waals surface area contributed by atoms with E-state index < -0.39 is 0 Å². The normalized spacial score (nSPS) is 11.2. The van der Waals surface area contributed by atoms with Crippen molar-refractivity contribution in [1.29, 1.82) is 10.5 Å². The molecule has 0 saturated heterocycles. The van der Waals surface area contributed by atoms with Gasteiger partial charge in [0, 0.05) is 49.6 Å². The van der Waals surface area contributed by atoms with E-state index >= 15 is 0 Å². The Kier molecular flexibility index (Phi) is 10.5. The summed E-state index contributed by atoms with van der Waals surface area (Å²) in [5.41, 5.74) is 14.9. The largest absolute Gasteiger partial charge is 0.309 e. The second-order valence-corrected chi connectivity index (χ2v) is 18.1. The second-order valence-electron chi connectivity index (χ2n) is 18.1. The van der Waals surface area contributed by atoms with E-state index in [4.69, 9.17) is 21.5 Å². The molecule has 0 N–H and O–H groups in total. The van der Waals surface area contributed by atoms with Gasteiger partial charge in [0.2, 0.25) is 0 Å². The Labute approximate surface area is 426 Å². The third-order valence-electron chi connectivity index (χ3n) is 13.9. The number of aromatic nitrogens is 5. The van der Waals surface area contributed by atoms with E-state index in [0.717, 1.165) is 105 Å². The number of fused-ring (bicyclic) bond motifs is 6. The predicted octanol–water partition coefficient (Wildman–Crippen LogP) is 16.4. The molecule has 0 saturated carbocycles. The van der Waals surface area contributed by atoms with Crippen LogP contribution in [-0.4, -0.2) is 24.1 Å². The van der Waals surface area contributed by atoms with Gasteiger partial charge in [-0.25, -0.2) is 19.8 Å². The fourth-order valence-corrected chi connectivity index (χ4v) is 10.5. The molecule has 342 valence electrons. The SMILES string of the molecule is [C-]#[N+]c1cccc(-c2cc(-n3c4ccccc4c4ccccc43)ccc2-c2nc(-c3ccccc3-c3cccc(C#N)c3)nc(-c3ccc(-n4c5ccccc5c5ccccc54)cc3-c3cccc(C#N)c3)n2)c1. The molecular formula is C66H38N8. The number of benzene rings is 10. The molecule has 0 aliphatic carbocycles. The zero-order chi connectivity index (χ0) is 49.7. The van der Waals surface area contributed by atoms with Crippen LogP contribution >= 0.6 is 0 Å². The van der Waals surface area contributed by atoms with Crippen molar-refractivity contribution in [2.75, 3.05) is 0 Å². The minimum absolute atomic E-state index is 0.420. The van der Waals surface area contributed by atoms with Gasteiger partial charge in [0.15, 0.2) is 23.2 Å². The fraction of sp³-hybridized carbons (Fsp3) is 0. The van der Waals surface area contributed by atoms with Crippen molar-refractivity contribution >= 4 is 49.3 Å².